The highest BCUT2D eigenvalue weighted by molar-refractivity contribution is 5.94. The third-order valence-electron chi connectivity index (χ3n) is 4.83. The van der Waals surface area contributed by atoms with Crippen LogP contribution in [0.25, 0.3) is 22.6 Å². The molecule has 0 bridgehead atoms. The summed E-state index contributed by atoms with van der Waals surface area (Å²) in [6.07, 6.45) is 4.37. The number of fused-ring (bicyclic) bond motifs is 1. The summed E-state index contributed by atoms with van der Waals surface area (Å²) >= 11 is 0. The molecule has 2 aromatic carbocycles. The van der Waals surface area contributed by atoms with Crippen molar-refractivity contribution in [1.82, 2.24) is 4.98 Å². The Morgan fingerprint density at radius 1 is 1.08 bits per heavy atom. The number of nitrogens with zero attached hydrogens (tertiary/aromatic N) is 2. The Morgan fingerprint density at radius 2 is 1.79 bits per heavy atom. The molecular formula is C20H20N2O2. The van der Waals surface area contributed by atoms with Gasteiger partial charge in [0.2, 0.25) is 11.8 Å². The van der Waals surface area contributed by atoms with Crippen LogP contribution in [0.3, 0.4) is 0 Å². The van der Waals surface area contributed by atoms with E-state index in [2.05, 4.69) is 4.98 Å². The molecule has 3 aromatic rings. The lowest BCUT2D eigenvalue weighted by atomic mass is 10.1. The van der Waals surface area contributed by atoms with Crippen LogP contribution in [0.4, 0.5) is 5.69 Å². The molecular weight excluding hydrogens is 300 g/mol. The fraction of sp³-hybridized carbons (Fsp3) is 0.300. The van der Waals surface area contributed by atoms with Crippen molar-refractivity contribution in [2.75, 3.05) is 11.9 Å². The number of rotatable bonds is 3. The van der Waals surface area contributed by atoms with E-state index in [-0.39, 0.29) is 11.8 Å². The van der Waals surface area contributed by atoms with Crippen molar-refractivity contribution in [3.8, 4) is 11.5 Å². The minimum absolute atomic E-state index is 0.187. The van der Waals surface area contributed by atoms with Gasteiger partial charge in [-0.15, -0.1) is 0 Å². The second kappa shape index (κ2) is 6.11. The second-order valence-corrected chi connectivity index (χ2v) is 6.41. The minimum Gasteiger partial charge on any atom is -0.436 e. The van der Waals surface area contributed by atoms with Gasteiger partial charge in [0.05, 0.1) is 0 Å². The molecule has 0 spiro atoms. The van der Waals surface area contributed by atoms with Crippen LogP contribution < -0.4 is 4.90 Å². The monoisotopic (exact) mass is 320 g/mol. The number of carbonyl (C=O) groups excluding carboxylic acids is 1. The summed E-state index contributed by atoms with van der Waals surface area (Å²) in [4.78, 5) is 18.8. The Balaban J connectivity index is 1.56. The van der Waals surface area contributed by atoms with Crippen molar-refractivity contribution in [3.63, 3.8) is 0 Å². The normalized spacial score (nSPS) is 15.0. The van der Waals surface area contributed by atoms with Crippen molar-refractivity contribution in [1.29, 1.82) is 0 Å². The lowest BCUT2D eigenvalue weighted by molar-refractivity contribution is -0.121. The van der Waals surface area contributed by atoms with E-state index in [4.69, 9.17) is 4.42 Å². The molecule has 4 heteroatoms. The first kappa shape index (κ1) is 14.9. The number of hydrogen-bond donors (Lipinski definition) is 0. The number of benzene rings is 2. The molecule has 0 radical (unpaired) electrons. The van der Waals surface area contributed by atoms with Gasteiger partial charge < -0.3 is 9.32 Å². The Morgan fingerprint density at radius 3 is 2.50 bits per heavy atom. The number of oxazole rings is 1. The summed E-state index contributed by atoms with van der Waals surface area (Å²) in [7, 11) is 1.86. The summed E-state index contributed by atoms with van der Waals surface area (Å²) in [5.74, 6) is 1.02. The maximum atomic E-state index is 12.5. The van der Waals surface area contributed by atoms with E-state index < -0.39 is 0 Å². The van der Waals surface area contributed by atoms with Gasteiger partial charge in [-0.2, -0.15) is 0 Å². The Bertz CT molecular complexity index is 828. The number of aromatic nitrogens is 1. The van der Waals surface area contributed by atoms with Gasteiger partial charge in [0.1, 0.15) is 5.52 Å². The van der Waals surface area contributed by atoms with Gasteiger partial charge in [0.25, 0.3) is 0 Å². The number of anilines is 1. The van der Waals surface area contributed by atoms with Gasteiger partial charge >= 0.3 is 0 Å². The highest BCUT2D eigenvalue weighted by Gasteiger charge is 2.26. The third-order valence-corrected chi connectivity index (χ3v) is 4.83. The van der Waals surface area contributed by atoms with Crippen LogP contribution in [-0.4, -0.2) is 17.9 Å². The molecule has 0 saturated heterocycles. The quantitative estimate of drug-likeness (QED) is 0.706. The van der Waals surface area contributed by atoms with Crippen LogP contribution in [0, 0.1) is 5.92 Å². The molecule has 1 fully saturated rings. The van der Waals surface area contributed by atoms with Gasteiger partial charge in [0.15, 0.2) is 5.58 Å². The molecule has 4 rings (SSSR count). The van der Waals surface area contributed by atoms with Crippen molar-refractivity contribution < 1.29 is 9.21 Å². The fourth-order valence-electron chi connectivity index (χ4n) is 3.40. The first-order chi connectivity index (χ1) is 11.7. The van der Waals surface area contributed by atoms with Crippen LogP contribution in [-0.2, 0) is 4.79 Å². The van der Waals surface area contributed by atoms with Crippen LogP contribution in [0.5, 0.6) is 0 Å². The van der Waals surface area contributed by atoms with Gasteiger partial charge in [-0.05, 0) is 49.2 Å². The Hall–Kier alpha value is -2.62. The SMILES string of the molecule is CN(C(=O)C1CCCC1)c1ccc(-c2nc3ccccc3o2)cc1. The summed E-state index contributed by atoms with van der Waals surface area (Å²) in [6, 6.07) is 15.6. The molecule has 1 aliphatic rings. The van der Waals surface area contributed by atoms with Crippen molar-refractivity contribution in [2.24, 2.45) is 5.92 Å². The first-order valence-corrected chi connectivity index (χ1v) is 8.46. The van der Waals surface area contributed by atoms with E-state index in [1.54, 1.807) is 4.90 Å². The molecule has 0 unspecified atom stereocenters. The van der Waals surface area contributed by atoms with Gasteiger partial charge in [0, 0.05) is 24.2 Å². The minimum atomic E-state index is 0.187. The average molecular weight is 320 g/mol. The van der Waals surface area contributed by atoms with E-state index in [1.807, 2.05) is 55.6 Å². The van der Waals surface area contributed by atoms with Crippen LogP contribution in [0.1, 0.15) is 25.7 Å². The smallest absolute Gasteiger partial charge is 0.229 e. The van der Waals surface area contributed by atoms with Crippen molar-refractivity contribution >= 4 is 22.7 Å². The molecule has 0 N–H and O–H groups in total. The molecule has 4 nitrogen and oxygen atoms in total. The second-order valence-electron chi connectivity index (χ2n) is 6.41. The van der Waals surface area contributed by atoms with E-state index in [1.165, 1.54) is 12.8 Å². The lowest BCUT2D eigenvalue weighted by Gasteiger charge is -2.21. The summed E-state index contributed by atoms with van der Waals surface area (Å²) in [6.45, 7) is 0. The maximum absolute atomic E-state index is 12.5. The molecule has 1 aromatic heterocycles. The molecule has 0 atom stereocenters. The van der Waals surface area contributed by atoms with E-state index in [9.17, 15) is 4.79 Å². The highest BCUT2D eigenvalue weighted by Crippen LogP contribution is 2.29. The molecule has 1 saturated carbocycles. The number of hydrogen-bond acceptors (Lipinski definition) is 3. The van der Waals surface area contributed by atoms with Gasteiger partial charge in [-0.1, -0.05) is 25.0 Å². The maximum Gasteiger partial charge on any atom is 0.229 e. The average Bonchev–Trinajstić information content (AvgIpc) is 3.30. The van der Waals surface area contributed by atoms with Crippen LogP contribution in [0.15, 0.2) is 52.9 Å². The number of amides is 1. The molecule has 1 amide bonds. The van der Waals surface area contributed by atoms with E-state index in [0.29, 0.717) is 5.89 Å². The summed E-state index contributed by atoms with van der Waals surface area (Å²) in [5.41, 5.74) is 3.46. The standard InChI is InChI=1S/C20H20N2O2/c1-22(20(23)15-6-2-3-7-15)16-12-10-14(11-13-16)19-21-17-8-4-5-9-18(17)24-19/h4-5,8-13,15H,2-3,6-7H2,1H3. The Labute approximate surface area is 141 Å². The zero-order valence-electron chi connectivity index (χ0n) is 13.7. The molecule has 0 aliphatic heterocycles. The predicted molar refractivity (Wildman–Crippen MR) is 94.8 cm³/mol. The molecule has 122 valence electrons. The fourth-order valence-corrected chi connectivity index (χ4v) is 3.40. The van der Waals surface area contributed by atoms with Crippen molar-refractivity contribution in [3.05, 3.63) is 48.5 Å². The predicted octanol–water partition coefficient (Wildman–Crippen LogP) is 4.65. The topological polar surface area (TPSA) is 46.3 Å². The van der Waals surface area contributed by atoms with E-state index >= 15 is 0 Å². The summed E-state index contributed by atoms with van der Waals surface area (Å²) < 4.78 is 5.79. The number of carbonyl (C=O) groups is 1. The molecule has 1 aliphatic carbocycles. The molecule has 1 heterocycles. The Kier molecular flexibility index (Phi) is 3.81. The van der Waals surface area contributed by atoms with E-state index in [0.717, 1.165) is 35.2 Å². The van der Waals surface area contributed by atoms with Crippen LogP contribution in [0.2, 0.25) is 0 Å². The number of para-hydroxylation sites is 2. The molecule has 24 heavy (non-hydrogen) atoms. The zero-order chi connectivity index (χ0) is 16.5. The largest absolute Gasteiger partial charge is 0.436 e. The summed E-state index contributed by atoms with van der Waals surface area (Å²) in [5, 5.41) is 0. The third kappa shape index (κ3) is 2.68. The lowest BCUT2D eigenvalue weighted by Crippen LogP contribution is -2.31. The van der Waals surface area contributed by atoms with Gasteiger partial charge in [-0.25, -0.2) is 4.98 Å². The highest BCUT2D eigenvalue weighted by atomic mass is 16.3. The first-order valence-electron chi connectivity index (χ1n) is 8.46. The van der Waals surface area contributed by atoms with Gasteiger partial charge in [-0.3, -0.25) is 4.79 Å². The van der Waals surface area contributed by atoms with Crippen molar-refractivity contribution in [2.45, 2.75) is 25.7 Å². The zero-order valence-corrected chi connectivity index (χ0v) is 13.7. The van der Waals surface area contributed by atoms with Crippen LogP contribution >= 0.6 is 0 Å².